The number of aliphatic hydroxyl groups excluding tert-OH is 1. The van der Waals surface area contributed by atoms with Crippen molar-refractivity contribution in [2.45, 2.75) is 38.9 Å². The summed E-state index contributed by atoms with van der Waals surface area (Å²) in [5, 5.41) is 9.03. The van der Waals surface area contributed by atoms with Crippen molar-refractivity contribution in [3.05, 3.63) is 71.8 Å². The lowest BCUT2D eigenvalue weighted by molar-refractivity contribution is -0.112. The first kappa shape index (κ1) is 27.2. The molecule has 0 saturated carbocycles. The number of carbonyl (C=O) groups is 3. The number of rotatable bonds is 6. The van der Waals surface area contributed by atoms with Crippen molar-refractivity contribution >= 4 is 18.5 Å². The number of likely N-dealkylation sites (tertiary alicyclic amines) is 2. The Morgan fingerprint density at radius 1 is 0.750 bits per heavy atom. The van der Waals surface area contributed by atoms with E-state index in [0.29, 0.717) is 45.3 Å². The van der Waals surface area contributed by atoms with Crippen LogP contribution in [0.15, 0.2) is 60.7 Å². The maximum Gasteiger partial charge on any atom is 0.410 e. The molecule has 2 saturated heterocycles. The molecule has 2 aliphatic heterocycles. The van der Waals surface area contributed by atoms with Gasteiger partial charge in [-0.1, -0.05) is 60.7 Å². The van der Waals surface area contributed by atoms with Crippen molar-refractivity contribution < 1.29 is 29.0 Å². The second-order valence-corrected chi connectivity index (χ2v) is 9.15. The van der Waals surface area contributed by atoms with Gasteiger partial charge >= 0.3 is 12.2 Å². The smallest absolute Gasteiger partial charge is 0.410 e. The van der Waals surface area contributed by atoms with E-state index in [1.54, 1.807) is 9.80 Å². The minimum Gasteiger partial charge on any atom is -0.445 e. The van der Waals surface area contributed by atoms with E-state index in [2.05, 4.69) is 0 Å². The summed E-state index contributed by atoms with van der Waals surface area (Å²) in [6, 6.07) is 19.3. The Balaban J connectivity index is 0.000000201. The van der Waals surface area contributed by atoms with Gasteiger partial charge in [0.1, 0.15) is 19.5 Å². The molecule has 0 aliphatic carbocycles. The Morgan fingerprint density at radius 2 is 1.17 bits per heavy atom. The van der Waals surface area contributed by atoms with Gasteiger partial charge in [-0.05, 0) is 42.7 Å². The lowest BCUT2D eigenvalue weighted by atomic mass is 9.98. The number of carbonyl (C=O) groups excluding carboxylic acids is 3. The molecule has 2 aliphatic rings. The van der Waals surface area contributed by atoms with Crippen LogP contribution in [0.1, 0.15) is 36.8 Å². The second kappa shape index (κ2) is 14.9. The highest BCUT2D eigenvalue weighted by Crippen LogP contribution is 2.18. The Bertz CT molecular complexity index is 924. The van der Waals surface area contributed by atoms with E-state index in [0.717, 1.165) is 43.1 Å². The van der Waals surface area contributed by atoms with Gasteiger partial charge in [0.25, 0.3) is 0 Å². The number of piperidine rings is 2. The van der Waals surface area contributed by atoms with Crippen LogP contribution >= 0.6 is 0 Å². The summed E-state index contributed by atoms with van der Waals surface area (Å²) >= 11 is 0. The SMILES string of the molecule is O=C(OCc1ccccc1)N1CCC(CO)CC1.O=CC1CCN(C(=O)OCc2ccccc2)CC1. The van der Waals surface area contributed by atoms with Crippen molar-refractivity contribution in [3.63, 3.8) is 0 Å². The largest absolute Gasteiger partial charge is 0.445 e. The summed E-state index contributed by atoms with van der Waals surface area (Å²) in [6.45, 7) is 3.41. The highest BCUT2D eigenvalue weighted by atomic mass is 16.6. The predicted molar refractivity (Wildman–Crippen MR) is 135 cm³/mol. The van der Waals surface area contributed by atoms with Gasteiger partial charge in [-0.15, -0.1) is 0 Å². The molecule has 2 aromatic carbocycles. The van der Waals surface area contributed by atoms with Crippen LogP contribution in [0.3, 0.4) is 0 Å². The minimum absolute atomic E-state index is 0.100. The molecule has 4 rings (SSSR count). The number of hydrogen-bond donors (Lipinski definition) is 1. The summed E-state index contributed by atoms with van der Waals surface area (Å²) < 4.78 is 10.5. The van der Waals surface area contributed by atoms with Crippen molar-refractivity contribution in [2.24, 2.45) is 11.8 Å². The molecule has 8 nitrogen and oxygen atoms in total. The summed E-state index contributed by atoms with van der Waals surface area (Å²) in [6.07, 6.45) is 3.63. The fraction of sp³-hybridized carbons (Fsp3) is 0.464. The second-order valence-electron chi connectivity index (χ2n) is 9.15. The van der Waals surface area contributed by atoms with Crippen LogP contribution in [0.4, 0.5) is 9.59 Å². The molecule has 0 atom stereocenters. The van der Waals surface area contributed by atoms with Gasteiger partial charge in [-0.3, -0.25) is 0 Å². The van der Waals surface area contributed by atoms with Gasteiger partial charge in [-0.2, -0.15) is 0 Å². The molecule has 2 fully saturated rings. The zero-order chi connectivity index (χ0) is 25.6. The fourth-order valence-corrected chi connectivity index (χ4v) is 4.14. The minimum atomic E-state index is -0.289. The van der Waals surface area contributed by atoms with Crippen LogP contribution in [0, 0.1) is 11.8 Å². The maximum absolute atomic E-state index is 11.8. The molecule has 0 radical (unpaired) electrons. The van der Waals surface area contributed by atoms with Crippen molar-refractivity contribution in [3.8, 4) is 0 Å². The molecule has 8 heteroatoms. The Hall–Kier alpha value is -3.39. The highest BCUT2D eigenvalue weighted by Gasteiger charge is 2.24. The first-order valence-corrected chi connectivity index (χ1v) is 12.6. The van der Waals surface area contributed by atoms with Gasteiger partial charge in [-0.25, -0.2) is 9.59 Å². The normalized spacial score (nSPS) is 16.5. The molecule has 0 aromatic heterocycles. The number of hydrogen-bond acceptors (Lipinski definition) is 6. The Labute approximate surface area is 212 Å². The van der Waals surface area contributed by atoms with E-state index in [4.69, 9.17) is 14.6 Å². The quantitative estimate of drug-likeness (QED) is 0.601. The molecule has 2 aromatic rings. The Kier molecular flexibility index (Phi) is 11.2. The van der Waals surface area contributed by atoms with Gasteiger partial charge in [0.05, 0.1) is 0 Å². The number of benzene rings is 2. The zero-order valence-electron chi connectivity index (χ0n) is 20.7. The number of aldehydes is 1. The molecular weight excluding hydrogens is 460 g/mol. The van der Waals surface area contributed by atoms with E-state index in [-0.39, 0.29) is 24.7 Å². The maximum atomic E-state index is 11.8. The molecule has 0 spiro atoms. The molecule has 1 N–H and O–H groups in total. The van der Waals surface area contributed by atoms with Crippen LogP contribution in [-0.4, -0.2) is 66.2 Å². The topological polar surface area (TPSA) is 96.4 Å². The van der Waals surface area contributed by atoms with Crippen LogP contribution in [0.5, 0.6) is 0 Å². The highest BCUT2D eigenvalue weighted by molar-refractivity contribution is 5.68. The monoisotopic (exact) mass is 496 g/mol. The van der Waals surface area contributed by atoms with Crippen LogP contribution in [0.2, 0.25) is 0 Å². The van der Waals surface area contributed by atoms with Crippen LogP contribution < -0.4 is 0 Å². The third kappa shape index (κ3) is 9.00. The van der Waals surface area contributed by atoms with Crippen molar-refractivity contribution in [1.29, 1.82) is 0 Å². The number of amides is 2. The third-order valence-electron chi connectivity index (χ3n) is 6.53. The van der Waals surface area contributed by atoms with E-state index >= 15 is 0 Å². The fourth-order valence-electron chi connectivity index (χ4n) is 4.14. The first-order valence-electron chi connectivity index (χ1n) is 12.6. The van der Waals surface area contributed by atoms with Crippen LogP contribution in [-0.2, 0) is 27.5 Å². The standard InChI is InChI=1S/C14H19NO3.C14H17NO3/c2*16-10-12-6-8-15(9-7-12)14(17)18-11-13-4-2-1-3-5-13/h1-5,12,16H,6-11H2;1-5,10,12H,6-9,11H2. The van der Waals surface area contributed by atoms with Crippen LogP contribution in [0.25, 0.3) is 0 Å². The summed E-state index contributed by atoms with van der Waals surface area (Å²) in [5.41, 5.74) is 1.98. The molecule has 2 heterocycles. The average molecular weight is 497 g/mol. The molecular formula is C28H36N2O6. The number of aliphatic hydroxyl groups is 1. The van der Waals surface area contributed by atoms with Gasteiger partial charge in [0, 0.05) is 38.7 Å². The lowest BCUT2D eigenvalue weighted by Crippen LogP contribution is -2.39. The molecule has 0 bridgehead atoms. The number of ether oxygens (including phenoxy) is 2. The first-order chi connectivity index (χ1) is 17.6. The van der Waals surface area contributed by atoms with E-state index < -0.39 is 0 Å². The molecule has 2 amide bonds. The Morgan fingerprint density at radius 3 is 1.56 bits per heavy atom. The van der Waals surface area contributed by atoms with Gasteiger partial charge in [0.15, 0.2) is 0 Å². The van der Waals surface area contributed by atoms with Crippen molar-refractivity contribution in [2.75, 3.05) is 32.8 Å². The lowest BCUT2D eigenvalue weighted by Gasteiger charge is -2.30. The third-order valence-corrected chi connectivity index (χ3v) is 6.53. The van der Waals surface area contributed by atoms with Gasteiger partial charge in [0.2, 0.25) is 0 Å². The predicted octanol–water partition coefficient (Wildman–Crippen LogP) is 4.26. The van der Waals surface area contributed by atoms with E-state index in [1.807, 2.05) is 60.7 Å². The molecule has 36 heavy (non-hydrogen) atoms. The zero-order valence-corrected chi connectivity index (χ0v) is 20.7. The van der Waals surface area contributed by atoms with E-state index in [1.165, 1.54) is 0 Å². The number of nitrogens with zero attached hydrogens (tertiary/aromatic N) is 2. The molecule has 194 valence electrons. The molecule has 0 unspecified atom stereocenters. The summed E-state index contributed by atoms with van der Waals surface area (Å²) in [5.74, 6) is 0.436. The van der Waals surface area contributed by atoms with E-state index in [9.17, 15) is 14.4 Å². The summed E-state index contributed by atoms with van der Waals surface area (Å²) in [7, 11) is 0. The van der Waals surface area contributed by atoms with Crippen molar-refractivity contribution in [1.82, 2.24) is 9.80 Å². The van der Waals surface area contributed by atoms with Gasteiger partial charge < -0.3 is 29.2 Å². The summed E-state index contributed by atoms with van der Waals surface area (Å²) in [4.78, 5) is 37.6. The average Bonchev–Trinajstić information content (AvgIpc) is 2.96.